The molecule has 1 aromatic heterocycles. The molecular weight excluding hydrogens is 259 g/mol. The first-order valence-electron chi connectivity index (χ1n) is 5.41. The van der Waals surface area contributed by atoms with E-state index in [9.17, 15) is 18.0 Å². The summed E-state index contributed by atoms with van der Waals surface area (Å²) in [7, 11) is 0. The van der Waals surface area contributed by atoms with Crippen LogP contribution in [-0.4, -0.2) is 28.8 Å². The number of rotatable bonds is 3. The zero-order valence-corrected chi connectivity index (χ0v) is 9.66. The van der Waals surface area contributed by atoms with Crippen molar-refractivity contribution < 1.29 is 18.0 Å². The van der Waals surface area contributed by atoms with Gasteiger partial charge in [0.05, 0.1) is 5.69 Å². The molecule has 2 N–H and O–H groups in total. The number of benzene rings is 1. The van der Waals surface area contributed by atoms with Gasteiger partial charge in [-0.1, -0.05) is 30.3 Å². The van der Waals surface area contributed by atoms with Gasteiger partial charge in [0.25, 0.3) is 5.91 Å². The molecule has 0 aliphatic heterocycles. The predicted molar refractivity (Wildman–Crippen MR) is 62.4 cm³/mol. The van der Waals surface area contributed by atoms with Crippen LogP contribution in [0.2, 0.25) is 0 Å². The molecule has 0 fully saturated rings. The molecule has 0 bridgehead atoms. The van der Waals surface area contributed by atoms with E-state index in [1.807, 2.05) is 6.07 Å². The van der Waals surface area contributed by atoms with Crippen molar-refractivity contribution in [3.05, 3.63) is 42.1 Å². The third kappa shape index (κ3) is 3.57. The van der Waals surface area contributed by atoms with Crippen LogP contribution >= 0.6 is 0 Å². The highest BCUT2D eigenvalue weighted by atomic mass is 19.4. The number of hydrogen-bond acceptors (Lipinski definition) is 2. The molecule has 19 heavy (non-hydrogen) atoms. The van der Waals surface area contributed by atoms with Crippen molar-refractivity contribution in [3.63, 3.8) is 0 Å². The van der Waals surface area contributed by atoms with Gasteiger partial charge in [0, 0.05) is 5.56 Å². The Bertz CT molecular complexity index is 563. The Morgan fingerprint density at radius 1 is 1.26 bits per heavy atom. The molecule has 1 heterocycles. The van der Waals surface area contributed by atoms with Gasteiger partial charge in [-0.25, -0.2) is 0 Å². The normalized spacial score (nSPS) is 11.3. The van der Waals surface area contributed by atoms with Crippen LogP contribution in [0.15, 0.2) is 36.4 Å². The number of nitrogens with zero attached hydrogens (tertiary/aromatic N) is 1. The average molecular weight is 269 g/mol. The summed E-state index contributed by atoms with van der Waals surface area (Å²) >= 11 is 0. The second-order valence-corrected chi connectivity index (χ2v) is 3.83. The molecule has 7 heteroatoms. The van der Waals surface area contributed by atoms with Gasteiger partial charge in [0.2, 0.25) is 0 Å². The molecular formula is C12H10F3N3O. The summed E-state index contributed by atoms with van der Waals surface area (Å²) in [4.78, 5) is 11.5. The van der Waals surface area contributed by atoms with Gasteiger partial charge in [0.15, 0.2) is 0 Å². The second-order valence-electron chi connectivity index (χ2n) is 3.83. The highest BCUT2D eigenvalue weighted by molar-refractivity contribution is 5.93. The maximum atomic E-state index is 12.0. The number of alkyl halides is 3. The van der Waals surface area contributed by atoms with Crippen molar-refractivity contribution in [2.45, 2.75) is 6.18 Å². The Morgan fingerprint density at radius 3 is 2.58 bits per heavy atom. The van der Waals surface area contributed by atoms with Crippen LogP contribution in [0.1, 0.15) is 10.5 Å². The summed E-state index contributed by atoms with van der Waals surface area (Å²) in [6, 6.07) is 10.4. The number of H-pyrrole nitrogens is 1. The zero-order chi connectivity index (χ0) is 13.9. The summed E-state index contributed by atoms with van der Waals surface area (Å²) in [6.45, 7) is -1.37. The number of aromatic nitrogens is 2. The topological polar surface area (TPSA) is 57.8 Å². The van der Waals surface area contributed by atoms with Gasteiger partial charge in [0.1, 0.15) is 12.2 Å². The summed E-state index contributed by atoms with van der Waals surface area (Å²) in [5.74, 6) is -0.841. The third-order valence-electron chi connectivity index (χ3n) is 2.34. The maximum absolute atomic E-state index is 12.0. The Kier molecular flexibility index (Phi) is 3.55. The monoisotopic (exact) mass is 269 g/mol. The fourth-order valence-electron chi connectivity index (χ4n) is 1.47. The lowest BCUT2D eigenvalue weighted by Crippen LogP contribution is -2.33. The average Bonchev–Trinajstić information content (AvgIpc) is 2.86. The van der Waals surface area contributed by atoms with Crippen molar-refractivity contribution >= 4 is 5.91 Å². The summed E-state index contributed by atoms with van der Waals surface area (Å²) in [6.07, 6.45) is -4.43. The van der Waals surface area contributed by atoms with E-state index in [0.29, 0.717) is 5.69 Å². The van der Waals surface area contributed by atoms with E-state index in [4.69, 9.17) is 0 Å². The molecule has 0 saturated heterocycles. The van der Waals surface area contributed by atoms with E-state index in [2.05, 4.69) is 10.2 Å². The first kappa shape index (κ1) is 13.1. The molecule has 0 saturated carbocycles. The first-order chi connectivity index (χ1) is 8.96. The number of hydrogen-bond donors (Lipinski definition) is 2. The van der Waals surface area contributed by atoms with Gasteiger partial charge in [-0.15, -0.1) is 0 Å². The predicted octanol–water partition coefficient (Wildman–Crippen LogP) is 2.37. The van der Waals surface area contributed by atoms with Gasteiger partial charge >= 0.3 is 6.18 Å². The molecule has 2 aromatic rings. The van der Waals surface area contributed by atoms with Crippen molar-refractivity contribution in [2.75, 3.05) is 6.54 Å². The van der Waals surface area contributed by atoms with Crippen molar-refractivity contribution in [1.82, 2.24) is 15.5 Å². The van der Waals surface area contributed by atoms with Crippen LogP contribution in [0.4, 0.5) is 13.2 Å². The first-order valence-corrected chi connectivity index (χ1v) is 5.41. The second kappa shape index (κ2) is 5.13. The van der Waals surface area contributed by atoms with Crippen LogP contribution in [0.5, 0.6) is 0 Å². The molecule has 0 atom stereocenters. The van der Waals surface area contributed by atoms with Crippen molar-refractivity contribution in [1.29, 1.82) is 0 Å². The maximum Gasteiger partial charge on any atom is 0.405 e. The zero-order valence-electron chi connectivity index (χ0n) is 9.66. The Hall–Kier alpha value is -2.31. The molecule has 0 spiro atoms. The van der Waals surface area contributed by atoms with E-state index in [-0.39, 0.29) is 5.69 Å². The molecule has 0 aliphatic rings. The fraction of sp³-hybridized carbons (Fsp3) is 0.167. The number of carbonyl (C=O) groups is 1. The Labute approximate surface area is 106 Å². The van der Waals surface area contributed by atoms with E-state index in [0.717, 1.165) is 5.56 Å². The van der Waals surface area contributed by atoms with E-state index in [1.165, 1.54) is 6.07 Å². The van der Waals surface area contributed by atoms with Gasteiger partial charge in [-0.05, 0) is 6.07 Å². The summed E-state index contributed by atoms with van der Waals surface area (Å²) in [5.41, 5.74) is 1.26. The minimum Gasteiger partial charge on any atom is -0.342 e. The summed E-state index contributed by atoms with van der Waals surface area (Å²) < 4.78 is 35.9. The van der Waals surface area contributed by atoms with Crippen molar-refractivity contribution in [2.24, 2.45) is 0 Å². The molecule has 0 unspecified atom stereocenters. The standard InChI is InChI=1S/C12H10F3N3O/c13-12(14,15)7-16-11(19)10-6-9(17-18-10)8-4-2-1-3-5-8/h1-6H,7H2,(H,16,19)(H,17,18). The molecule has 0 aliphatic carbocycles. The highest BCUT2D eigenvalue weighted by Crippen LogP contribution is 2.17. The lowest BCUT2D eigenvalue weighted by Gasteiger charge is -2.06. The largest absolute Gasteiger partial charge is 0.405 e. The lowest BCUT2D eigenvalue weighted by atomic mass is 10.1. The quantitative estimate of drug-likeness (QED) is 0.898. The highest BCUT2D eigenvalue weighted by Gasteiger charge is 2.28. The fourth-order valence-corrected chi connectivity index (χ4v) is 1.47. The number of halogens is 3. The van der Waals surface area contributed by atoms with Crippen LogP contribution in [0.25, 0.3) is 11.3 Å². The number of carbonyl (C=O) groups excluding carboxylic acids is 1. The van der Waals surface area contributed by atoms with Crippen LogP contribution in [0.3, 0.4) is 0 Å². The van der Waals surface area contributed by atoms with Gasteiger partial charge in [-0.3, -0.25) is 9.89 Å². The van der Waals surface area contributed by atoms with E-state index < -0.39 is 18.6 Å². The van der Waals surface area contributed by atoms with E-state index >= 15 is 0 Å². The molecule has 4 nitrogen and oxygen atoms in total. The smallest absolute Gasteiger partial charge is 0.342 e. The SMILES string of the molecule is O=C(NCC(F)(F)F)c1cc(-c2ccccc2)n[nH]1. The minimum absolute atomic E-state index is 0.0110. The van der Waals surface area contributed by atoms with Gasteiger partial charge in [-0.2, -0.15) is 18.3 Å². The molecule has 0 radical (unpaired) electrons. The minimum atomic E-state index is -4.43. The van der Waals surface area contributed by atoms with Crippen LogP contribution in [-0.2, 0) is 0 Å². The van der Waals surface area contributed by atoms with E-state index in [1.54, 1.807) is 29.6 Å². The number of amides is 1. The number of nitrogens with one attached hydrogen (secondary N) is 2. The Balaban J connectivity index is 2.07. The summed E-state index contributed by atoms with van der Waals surface area (Å²) in [5, 5.41) is 8.06. The van der Waals surface area contributed by atoms with Gasteiger partial charge < -0.3 is 5.32 Å². The molecule has 1 amide bonds. The Morgan fingerprint density at radius 2 is 1.95 bits per heavy atom. The van der Waals surface area contributed by atoms with Crippen LogP contribution in [0, 0.1) is 0 Å². The molecule has 2 rings (SSSR count). The molecule has 1 aromatic carbocycles. The molecule has 100 valence electrons. The third-order valence-corrected chi connectivity index (χ3v) is 2.34. The van der Waals surface area contributed by atoms with Crippen molar-refractivity contribution in [3.8, 4) is 11.3 Å². The number of aromatic amines is 1. The lowest BCUT2D eigenvalue weighted by molar-refractivity contribution is -0.123. The van der Waals surface area contributed by atoms with Crippen LogP contribution < -0.4 is 5.32 Å².